The Kier molecular flexibility index (Phi) is 27.5. The molecule has 0 aliphatic heterocycles. The quantitative estimate of drug-likeness (QED) is 0.153. The van der Waals surface area contributed by atoms with Crippen LogP contribution in [-0.4, -0.2) is 117 Å². The molecule has 0 aromatic heterocycles. The second-order valence-corrected chi connectivity index (χ2v) is 6.03. The molecule has 0 rings (SSSR count). The van der Waals surface area contributed by atoms with Crippen LogP contribution in [0.3, 0.4) is 0 Å². The molecular weight excluding hydrogens is 415 g/mol. The molecule has 0 aliphatic rings. The molecule has 0 aromatic carbocycles. The summed E-state index contributed by atoms with van der Waals surface area (Å²) in [6, 6.07) is 0. The predicted octanol–water partition coefficient (Wildman–Crippen LogP) is 1.60. The van der Waals surface area contributed by atoms with E-state index in [9.17, 15) is 0 Å². The maximum absolute atomic E-state index is 5.48. The minimum atomic E-state index is 0.504. The van der Waals surface area contributed by atoms with E-state index in [1.165, 1.54) is 0 Å². The van der Waals surface area contributed by atoms with Crippen molar-refractivity contribution in [1.29, 1.82) is 0 Å². The molecule has 0 radical (unpaired) electrons. The summed E-state index contributed by atoms with van der Waals surface area (Å²) in [5.41, 5.74) is 0. The van der Waals surface area contributed by atoms with Crippen molar-refractivity contribution in [3.8, 4) is 0 Å². The van der Waals surface area contributed by atoms with Gasteiger partial charge < -0.3 is 37.9 Å². The molecule has 0 atom stereocenters. The average molecular weight is 451 g/mol. The van der Waals surface area contributed by atoms with Crippen LogP contribution in [-0.2, 0) is 37.9 Å². The standard InChI is InChI=1S/C18H36Cl2O8/c19-1-3-21-5-7-23-9-11-25-13-15-27-17-18-28-16-14-26-12-10-24-8-6-22-4-2-20/h1-18H2. The Bertz CT molecular complexity index is 252. The zero-order valence-electron chi connectivity index (χ0n) is 16.7. The van der Waals surface area contributed by atoms with Gasteiger partial charge in [0.25, 0.3) is 0 Å². The molecule has 0 N–H and O–H groups in total. The lowest BCUT2D eigenvalue weighted by Crippen LogP contribution is -2.15. The summed E-state index contributed by atoms with van der Waals surface area (Å²) in [7, 11) is 0. The normalized spacial score (nSPS) is 11.4. The topological polar surface area (TPSA) is 73.8 Å². The van der Waals surface area contributed by atoms with E-state index in [0.29, 0.717) is 117 Å². The molecule has 170 valence electrons. The highest BCUT2D eigenvalue weighted by Crippen LogP contribution is 1.86. The van der Waals surface area contributed by atoms with Crippen molar-refractivity contribution in [2.75, 3.05) is 117 Å². The van der Waals surface area contributed by atoms with Gasteiger partial charge in [0, 0.05) is 11.8 Å². The van der Waals surface area contributed by atoms with Gasteiger partial charge in [0.1, 0.15) is 0 Å². The highest BCUT2D eigenvalue weighted by atomic mass is 35.5. The summed E-state index contributed by atoms with van der Waals surface area (Å²) in [6.45, 7) is 8.67. The van der Waals surface area contributed by atoms with Crippen LogP contribution in [0.25, 0.3) is 0 Å². The van der Waals surface area contributed by atoms with Crippen molar-refractivity contribution in [2.45, 2.75) is 0 Å². The monoisotopic (exact) mass is 450 g/mol. The van der Waals surface area contributed by atoms with Crippen molar-refractivity contribution in [3.05, 3.63) is 0 Å². The average Bonchev–Trinajstić information content (AvgIpc) is 2.71. The Labute approximate surface area is 178 Å². The van der Waals surface area contributed by atoms with Crippen molar-refractivity contribution in [1.82, 2.24) is 0 Å². The first kappa shape index (κ1) is 28.3. The Morgan fingerprint density at radius 1 is 0.250 bits per heavy atom. The van der Waals surface area contributed by atoms with E-state index in [1.807, 2.05) is 0 Å². The Hall–Kier alpha value is 0.260. The van der Waals surface area contributed by atoms with Gasteiger partial charge in [0.05, 0.1) is 106 Å². The number of ether oxygens (including phenoxy) is 8. The minimum absolute atomic E-state index is 0.504. The third kappa shape index (κ3) is 26.3. The third-order valence-corrected chi connectivity index (χ3v) is 3.36. The van der Waals surface area contributed by atoms with E-state index in [0.717, 1.165) is 0 Å². The molecule has 0 aliphatic carbocycles. The first-order valence-electron chi connectivity index (χ1n) is 9.65. The van der Waals surface area contributed by atoms with E-state index in [2.05, 4.69) is 0 Å². The summed E-state index contributed by atoms with van der Waals surface area (Å²) < 4.78 is 42.6. The Balaban J connectivity index is 2.96. The lowest BCUT2D eigenvalue weighted by atomic mass is 10.6. The Morgan fingerprint density at radius 2 is 0.393 bits per heavy atom. The van der Waals surface area contributed by atoms with Crippen LogP contribution >= 0.6 is 23.2 Å². The molecule has 0 bridgehead atoms. The van der Waals surface area contributed by atoms with E-state index in [1.54, 1.807) is 0 Å². The van der Waals surface area contributed by atoms with Crippen molar-refractivity contribution in [3.63, 3.8) is 0 Å². The maximum Gasteiger partial charge on any atom is 0.0701 e. The molecular formula is C18H36Cl2O8. The number of halogens is 2. The van der Waals surface area contributed by atoms with Gasteiger partial charge in [-0.2, -0.15) is 0 Å². The van der Waals surface area contributed by atoms with E-state index < -0.39 is 0 Å². The van der Waals surface area contributed by atoms with Gasteiger partial charge in [-0.25, -0.2) is 0 Å². The zero-order chi connectivity index (χ0) is 20.4. The molecule has 0 aromatic rings. The highest BCUT2D eigenvalue weighted by Gasteiger charge is 1.94. The lowest BCUT2D eigenvalue weighted by Gasteiger charge is -2.08. The van der Waals surface area contributed by atoms with E-state index >= 15 is 0 Å². The van der Waals surface area contributed by atoms with E-state index in [4.69, 9.17) is 61.1 Å². The van der Waals surface area contributed by atoms with Crippen LogP contribution in [0, 0.1) is 0 Å². The van der Waals surface area contributed by atoms with Gasteiger partial charge >= 0.3 is 0 Å². The van der Waals surface area contributed by atoms with Crippen molar-refractivity contribution in [2.24, 2.45) is 0 Å². The van der Waals surface area contributed by atoms with Crippen LogP contribution in [0.15, 0.2) is 0 Å². The first-order chi connectivity index (χ1) is 13.9. The zero-order valence-corrected chi connectivity index (χ0v) is 18.3. The van der Waals surface area contributed by atoms with Gasteiger partial charge in [0.15, 0.2) is 0 Å². The fraction of sp³-hybridized carbons (Fsp3) is 1.00. The van der Waals surface area contributed by atoms with Crippen LogP contribution in [0.5, 0.6) is 0 Å². The van der Waals surface area contributed by atoms with Gasteiger partial charge in [0.2, 0.25) is 0 Å². The third-order valence-electron chi connectivity index (χ3n) is 3.05. The molecule has 28 heavy (non-hydrogen) atoms. The first-order valence-corrected chi connectivity index (χ1v) is 10.7. The minimum Gasteiger partial charge on any atom is -0.378 e. The smallest absolute Gasteiger partial charge is 0.0701 e. The van der Waals surface area contributed by atoms with Crippen molar-refractivity contribution < 1.29 is 37.9 Å². The highest BCUT2D eigenvalue weighted by molar-refractivity contribution is 6.18. The van der Waals surface area contributed by atoms with Gasteiger partial charge in [-0.15, -0.1) is 23.2 Å². The molecule has 0 spiro atoms. The molecule has 0 heterocycles. The summed E-state index contributed by atoms with van der Waals surface area (Å²) in [5.74, 6) is 1.01. The second kappa shape index (κ2) is 27.3. The second-order valence-electron chi connectivity index (χ2n) is 5.28. The summed E-state index contributed by atoms with van der Waals surface area (Å²) in [5, 5.41) is 0. The van der Waals surface area contributed by atoms with Gasteiger partial charge in [-0.1, -0.05) is 0 Å². The van der Waals surface area contributed by atoms with Crippen molar-refractivity contribution >= 4 is 23.2 Å². The molecule has 0 amide bonds. The molecule has 0 unspecified atom stereocenters. The number of hydrogen-bond donors (Lipinski definition) is 0. The molecule has 0 saturated heterocycles. The largest absolute Gasteiger partial charge is 0.378 e. The van der Waals surface area contributed by atoms with Gasteiger partial charge in [-0.3, -0.25) is 0 Å². The SMILES string of the molecule is ClCCOCCOCCOCCOCCOCCOCCOCCOCCCl. The van der Waals surface area contributed by atoms with Crippen LogP contribution < -0.4 is 0 Å². The number of hydrogen-bond acceptors (Lipinski definition) is 8. The predicted molar refractivity (Wildman–Crippen MR) is 108 cm³/mol. The molecule has 10 heteroatoms. The van der Waals surface area contributed by atoms with E-state index in [-0.39, 0.29) is 0 Å². The lowest BCUT2D eigenvalue weighted by molar-refractivity contribution is -0.0225. The maximum atomic E-state index is 5.48. The van der Waals surface area contributed by atoms with Crippen LogP contribution in [0.2, 0.25) is 0 Å². The fourth-order valence-corrected chi connectivity index (χ4v) is 1.97. The number of alkyl halides is 2. The van der Waals surface area contributed by atoms with Gasteiger partial charge in [-0.05, 0) is 0 Å². The fourth-order valence-electron chi connectivity index (χ4n) is 1.75. The van der Waals surface area contributed by atoms with Crippen LogP contribution in [0.1, 0.15) is 0 Å². The summed E-state index contributed by atoms with van der Waals surface area (Å²) >= 11 is 11.0. The number of rotatable bonds is 25. The Morgan fingerprint density at radius 3 is 0.536 bits per heavy atom. The molecule has 8 nitrogen and oxygen atoms in total. The summed E-state index contributed by atoms with van der Waals surface area (Å²) in [6.07, 6.45) is 0. The molecule has 0 saturated carbocycles. The van der Waals surface area contributed by atoms with Crippen LogP contribution in [0.4, 0.5) is 0 Å². The summed E-state index contributed by atoms with van der Waals surface area (Å²) in [4.78, 5) is 0. The molecule has 0 fully saturated rings.